The number of nitrogens with one attached hydrogen (secondary N) is 1. The fourth-order valence-corrected chi connectivity index (χ4v) is 5.47. The molecule has 2 aliphatic rings. The fourth-order valence-electron chi connectivity index (χ4n) is 5.47. The molecular formula is C28H33N3O2. The number of fused-ring (bicyclic) bond motifs is 4. The number of para-hydroxylation sites is 1. The van der Waals surface area contributed by atoms with Crippen LogP contribution in [0.1, 0.15) is 74.4 Å². The molecule has 33 heavy (non-hydrogen) atoms. The Labute approximate surface area is 195 Å². The lowest BCUT2D eigenvalue weighted by Crippen LogP contribution is -2.63. The Bertz CT molecular complexity index is 1180. The summed E-state index contributed by atoms with van der Waals surface area (Å²) in [5.41, 5.74) is 5.60. The average molecular weight is 444 g/mol. The van der Waals surface area contributed by atoms with E-state index in [0.717, 1.165) is 41.4 Å². The first kappa shape index (κ1) is 21.7. The number of piperazine rings is 1. The van der Waals surface area contributed by atoms with E-state index in [-0.39, 0.29) is 24.4 Å². The first-order valence-corrected chi connectivity index (χ1v) is 12.3. The number of H-pyrrole nitrogens is 1. The SMILES string of the molecule is CCCCCN1CC(=O)N2C(c3ccc(C(C)C)cc3)c3[nH]c4ccccc4c3C[C@@H]2C1=O. The van der Waals surface area contributed by atoms with Gasteiger partial charge < -0.3 is 14.8 Å². The van der Waals surface area contributed by atoms with E-state index in [1.807, 2.05) is 17.0 Å². The first-order chi connectivity index (χ1) is 16.0. The van der Waals surface area contributed by atoms with Crippen molar-refractivity contribution in [2.45, 2.75) is 64.5 Å². The Morgan fingerprint density at radius 1 is 1.03 bits per heavy atom. The van der Waals surface area contributed by atoms with E-state index in [2.05, 4.69) is 62.2 Å². The second-order valence-electron chi connectivity index (χ2n) is 9.77. The van der Waals surface area contributed by atoms with Crippen LogP contribution < -0.4 is 0 Å². The van der Waals surface area contributed by atoms with Crippen LogP contribution >= 0.6 is 0 Å². The van der Waals surface area contributed by atoms with Crippen molar-refractivity contribution in [1.29, 1.82) is 0 Å². The summed E-state index contributed by atoms with van der Waals surface area (Å²) in [6.45, 7) is 7.36. The molecule has 2 aromatic carbocycles. The van der Waals surface area contributed by atoms with Gasteiger partial charge in [0.25, 0.3) is 0 Å². The van der Waals surface area contributed by atoms with Gasteiger partial charge in [0.2, 0.25) is 11.8 Å². The van der Waals surface area contributed by atoms with Crippen molar-refractivity contribution >= 4 is 22.7 Å². The molecular weight excluding hydrogens is 410 g/mol. The zero-order valence-electron chi connectivity index (χ0n) is 19.8. The molecule has 1 aromatic heterocycles. The maximum atomic E-state index is 13.6. The van der Waals surface area contributed by atoms with Gasteiger partial charge in [-0.25, -0.2) is 0 Å². The summed E-state index contributed by atoms with van der Waals surface area (Å²) in [7, 11) is 0. The molecule has 5 heteroatoms. The maximum absolute atomic E-state index is 13.6. The van der Waals surface area contributed by atoms with Gasteiger partial charge in [0.05, 0.1) is 12.6 Å². The average Bonchev–Trinajstić information content (AvgIpc) is 3.19. The van der Waals surface area contributed by atoms with Crippen molar-refractivity contribution in [3.05, 3.63) is 70.9 Å². The minimum Gasteiger partial charge on any atom is -0.356 e. The molecule has 3 heterocycles. The van der Waals surface area contributed by atoms with Crippen LogP contribution in [-0.4, -0.2) is 45.7 Å². The Balaban J connectivity index is 1.60. The van der Waals surface area contributed by atoms with Crippen molar-refractivity contribution in [2.24, 2.45) is 0 Å². The standard InChI is InChI=1S/C28H33N3O2/c1-4-5-8-15-30-17-25(32)31-24(28(30)33)16-22-21-9-6-7-10-23(21)29-26(22)27(31)20-13-11-19(12-14-20)18(2)3/h6-7,9-14,18,24,27,29H,4-5,8,15-17H2,1-3H3/t24-,27?/m1/s1. The van der Waals surface area contributed by atoms with Gasteiger partial charge in [0, 0.05) is 29.6 Å². The van der Waals surface area contributed by atoms with Crippen LogP contribution in [0.15, 0.2) is 48.5 Å². The monoisotopic (exact) mass is 443 g/mol. The van der Waals surface area contributed by atoms with Gasteiger partial charge in [-0.1, -0.05) is 76.1 Å². The third-order valence-corrected chi connectivity index (χ3v) is 7.29. The van der Waals surface area contributed by atoms with E-state index in [1.54, 1.807) is 4.90 Å². The predicted molar refractivity (Wildman–Crippen MR) is 131 cm³/mol. The summed E-state index contributed by atoms with van der Waals surface area (Å²) < 4.78 is 0. The Hall–Kier alpha value is -3.08. The van der Waals surface area contributed by atoms with Crippen molar-refractivity contribution < 1.29 is 9.59 Å². The Morgan fingerprint density at radius 2 is 1.79 bits per heavy atom. The van der Waals surface area contributed by atoms with E-state index >= 15 is 0 Å². The molecule has 0 bridgehead atoms. The molecule has 1 saturated heterocycles. The number of benzene rings is 2. The van der Waals surface area contributed by atoms with Gasteiger partial charge in [-0.2, -0.15) is 0 Å². The highest BCUT2D eigenvalue weighted by Gasteiger charge is 2.48. The van der Waals surface area contributed by atoms with E-state index in [1.165, 1.54) is 11.1 Å². The zero-order valence-corrected chi connectivity index (χ0v) is 19.8. The van der Waals surface area contributed by atoms with Crippen LogP contribution in [0.2, 0.25) is 0 Å². The number of carbonyl (C=O) groups excluding carboxylic acids is 2. The summed E-state index contributed by atoms with van der Waals surface area (Å²) in [4.78, 5) is 34.4. The smallest absolute Gasteiger partial charge is 0.246 e. The maximum Gasteiger partial charge on any atom is 0.246 e. The number of nitrogens with zero attached hydrogens (tertiary/aromatic N) is 2. The number of hydrogen-bond acceptors (Lipinski definition) is 2. The third kappa shape index (κ3) is 3.73. The second kappa shape index (κ2) is 8.69. The van der Waals surface area contributed by atoms with E-state index in [4.69, 9.17) is 0 Å². The quantitative estimate of drug-likeness (QED) is 0.535. The summed E-state index contributed by atoms with van der Waals surface area (Å²) in [5, 5.41) is 1.15. The van der Waals surface area contributed by atoms with Crippen LogP contribution in [-0.2, 0) is 16.0 Å². The molecule has 1 N–H and O–H groups in total. The molecule has 1 unspecified atom stereocenters. The van der Waals surface area contributed by atoms with E-state index < -0.39 is 6.04 Å². The molecule has 2 atom stereocenters. The largest absolute Gasteiger partial charge is 0.356 e. The molecule has 2 aliphatic heterocycles. The highest BCUT2D eigenvalue weighted by molar-refractivity contribution is 5.97. The molecule has 2 amide bonds. The number of aromatic amines is 1. The van der Waals surface area contributed by atoms with Crippen LogP contribution in [0.5, 0.6) is 0 Å². The molecule has 0 saturated carbocycles. The summed E-state index contributed by atoms with van der Waals surface area (Å²) >= 11 is 0. The highest BCUT2D eigenvalue weighted by Crippen LogP contribution is 2.42. The van der Waals surface area contributed by atoms with Gasteiger partial charge in [0.15, 0.2) is 0 Å². The van der Waals surface area contributed by atoms with Crippen molar-refractivity contribution in [3.8, 4) is 0 Å². The van der Waals surface area contributed by atoms with Crippen molar-refractivity contribution in [1.82, 2.24) is 14.8 Å². The van der Waals surface area contributed by atoms with Crippen LogP contribution in [0.4, 0.5) is 0 Å². The summed E-state index contributed by atoms with van der Waals surface area (Å²) in [6.07, 6.45) is 3.68. The Morgan fingerprint density at radius 3 is 2.52 bits per heavy atom. The lowest BCUT2D eigenvalue weighted by molar-refractivity contribution is -0.158. The number of carbonyl (C=O) groups is 2. The first-order valence-electron chi connectivity index (χ1n) is 12.3. The topological polar surface area (TPSA) is 56.4 Å². The minimum absolute atomic E-state index is 0.0401. The normalized spacial score (nSPS) is 20.5. The number of aromatic nitrogens is 1. The number of rotatable bonds is 6. The molecule has 5 nitrogen and oxygen atoms in total. The molecule has 0 radical (unpaired) electrons. The van der Waals surface area contributed by atoms with Gasteiger partial charge >= 0.3 is 0 Å². The lowest BCUT2D eigenvalue weighted by atomic mass is 9.85. The lowest BCUT2D eigenvalue weighted by Gasteiger charge is -2.47. The predicted octanol–water partition coefficient (Wildman–Crippen LogP) is 5.17. The van der Waals surface area contributed by atoms with Crippen LogP contribution in [0.3, 0.4) is 0 Å². The number of hydrogen-bond donors (Lipinski definition) is 1. The van der Waals surface area contributed by atoms with Gasteiger partial charge in [-0.05, 0) is 35.1 Å². The summed E-state index contributed by atoms with van der Waals surface area (Å²) in [5.74, 6) is 0.570. The zero-order chi connectivity index (χ0) is 23.1. The van der Waals surface area contributed by atoms with E-state index in [9.17, 15) is 9.59 Å². The highest BCUT2D eigenvalue weighted by atomic mass is 16.2. The second-order valence-corrected chi connectivity index (χ2v) is 9.77. The van der Waals surface area contributed by atoms with Gasteiger partial charge in [-0.3, -0.25) is 9.59 Å². The third-order valence-electron chi connectivity index (χ3n) is 7.29. The molecule has 1 fully saturated rings. The molecule has 0 aliphatic carbocycles. The number of amides is 2. The van der Waals surface area contributed by atoms with Gasteiger partial charge in [-0.15, -0.1) is 0 Å². The van der Waals surface area contributed by atoms with Crippen molar-refractivity contribution in [3.63, 3.8) is 0 Å². The van der Waals surface area contributed by atoms with Crippen LogP contribution in [0.25, 0.3) is 10.9 Å². The minimum atomic E-state index is -0.450. The molecule has 5 rings (SSSR count). The van der Waals surface area contributed by atoms with E-state index in [0.29, 0.717) is 18.9 Å². The number of unbranched alkanes of at least 4 members (excludes halogenated alkanes) is 2. The molecule has 0 spiro atoms. The van der Waals surface area contributed by atoms with Crippen molar-refractivity contribution in [2.75, 3.05) is 13.1 Å². The summed E-state index contributed by atoms with van der Waals surface area (Å²) in [6, 6.07) is 16.1. The molecule has 3 aromatic rings. The van der Waals surface area contributed by atoms with Gasteiger partial charge in [0.1, 0.15) is 6.04 Å². The Kier molecular flexibility index (Phi) is 5.73. The molecule has 172 valence electrons. The van der Waals surface area contributed by atoms with Crippen LogP contribution in [0, 0.1) is 0 Å². The fraction of sp³-hybridized carbons (Fsp3) is 0.429.